The standard InChI is InChI=1S/C17H16N2O/c1-12(2)17(20)19(13(3)11-18)16-10-6-8-14-7-4-5-9-15(14)16/h4-10,13H,1H2,2-3H3. The number of nitriles is 1. The number of nitrogens with zero attached hydrogens (tertiary/aromatic N) is 2. The number of carbonyl (C=O) groups is 1. The molecule has 2 aromatic carbocycles. The Morgan fingerprint density at radius 1 is 1.25 bits per heavy atom. The van der Waals surface area contributed by atoms with E-state index in [1.807, 2.05) is 42.5 Å². The molecule has 100 valence electrons. The zero-order valence-electron chi connectivity index (χ0n) is 11.6. The number of benzene rings is 2. The van der Waals surface area contributed by atoms with Gasteiger partial charge in [0.15, 0.2) is 0 Å². The number of carbonyl (C=O) groups excluding carboxylic acids is 1. The molecule has 1 unspecified atom stereocenters. The van der Waals surface area contributed by atoms with Gasteiger partial charge in [0, 0.05) is 11.0 Å². The first-order chi connectivity index (χ1) is 9.56. The summed E-state index contributed by atoms with van der Waals surface area (Å²) in [6.07, 6.45) is 0. The zero-order chi connectivity index (χ0) is 14.7. The lowest BCUT2D eigenvalue weighted by molar-refractivity contribution is -0.115. The maximum absolute atomic E-state index is 12.4. The van der Waals surface area contributed by atoms with Gasteiger partial charge in [-0.2, -0.15) is 5.26 Å². The molecule has 3 nitrogen and oxygen atoms in total. The van der Waals surface area contributed by atoms with E-state index in [1.54, 1.807) is 13.8 Å². The van der Waals surface area contributed by atoms with Crippen molar-refractivity contribution in [1.82, 2.24) is 0 Å². The van der Waals surface area contributed by atoms with E-state index in [-0.39, 0.29) is 5.91 Å². The highest BCUT2D eigenvalue weighted by Gasteiger charge is 2.23. The van der Waals surface area contributed by atoms with Crippen molar-refractivity contribution in [3.63, 3.8) is 0 Å². The van der Waals surface area contributed by atoms with Gasteiger partial charge >= 0.3 is 0 Å². The van der Waals surface area contributed by atoms with Crippen LogP contribution in [-0.2, 0) is 4.79 Å². The monoisotopic (exact) mass is 264 g/mol. The smallest absolute Gasteiger partial charge is 0.254 e. The van der Waals surface area contributed by atoms with Crippen LogP contribution in [0.1, 0.15) is 13.8 Å². The molecule has 0 N–H and O–H groups in total. The second-order valence-electron chi connectivity index (χ2n) is 4.76. The van der Waals surface area contributed by atoms with Gasteiger partial charge in [0.1, 0.15) is 6.04 Å². The van der Waals surface area contributed by atoms with Gasteiger partial charge in [-0.3, -0.25) is 9.69 Å². The predicted molar refractivity (Wildman–Crippen MR) is 81.3 cm³/mol. The molecular formula is C17H16N2O. The molecule has 1 atom stereocenters. The summed E-state index contributed by atoms with van der Waals surface area (Å²) in [4.78, 5) is 13.9. The third-order valence-corrected chi connectivity index (χ3v) is 3.18. The predicted octanol–water partition coefficient (Wildman–Crippen LogP) is 3.66. The SMILES string of the molecule is C=C(C)C(=O)N(c1cccc2ccccc12)C(C)C#N. The average molecular weight is 264 g/mol. The molecule has 1 amide bonds. The van der Waals surface area contributed by atoms with Crippen molar-refractivity contribution < 1.29 is 4.79 Å². The van der Waals surface area contributed by atoms with Crippen molar-refractivity contribution in [3.8, 4) is 6.07 Å². The van der Waals surface area contributed by atoms with Crippen molar-refractivity contribution >= 4 is 22.4 Å². The second kappa shape index (κ2) is 5.58. The van der Waals surface area contributed by atoms with Gasteiger partial charge in [0.05, 0.1) is 11.8 Å². The number of hydrogen-bond acceptors (Lipinski definition) is 2. The highest BCUT2D eigenvalue weighted by Crippen LogP contribution is 2.29. The lowest BCUT2D eigenvalue weighted by atomic mass is 10.1. The molecule has 0 fully saturated rings. The second-order valence-corrected chi connectivity index (χ2v) is 4.76. The molecule has 2 rings (SSSR count). The first kappa shape index (κ1) is 13.8. The third-order valence-electron chi connectivity index (χ3n) is 3.18. The van der Waals surface area contributed by atoms with Crippen LogP contribution in [0.5, 0.6) is 0 Å². The Hall–Kier alpha value is -2.60. The molecule has 0 spiro atoms. The Morgan fingerprint density at radius 2 is 1.90 bits per heavy atom. The highest BCUT2D eigenvalue weighted by atomic mass is 16.2. The number of amides is 1. The van der Waals surface area contributed by atoms with E-state index in [4.69, 9.17) is 0 Å². The van der Waals surface area contributed by atoms with Crippen LogP contribution in [0.3, 0.4) is 0 Å². The summed E-state index contributed by atoms with van der Waals surface area (Å²) in [6, 6.07) is 15.1. The molecule has 0 aliphatic carbocycles. The van der Waals surface area contributed by atoms with Crippen LogP contribution in [-0.4, -0.2) is 11.9 Å². The highest BCUT2D eigenvalue weighted by molar-refractivity contribution is 6.10. The topological polar surface area (TPSA) is 44.1 Å². The minimum atomic E-state index is -0.551. The Labute approximate surface area is 118 Å². The van der Waals surface area contributed by atoms with E-state index in [9.17, 15) is 10.1 Å². The summed E-state index contributed by atoms with van der Waals surface area (Å²) in [6.45, 7) is 7.07. The first-order valence-corrected chi connectivity index (χ1v) is 6.42. The first-order valence-electron chi connectivity index (χ1n) is 6.42. The maximum atomic E-state index is 12.4. The molecule has 2 aromatic rings. The van der Waals surface area contributed by atoms with Crippen LogP contribution in [0.15, 0.2) is 54.6 Å². The molecular weight excluding hydrogens is 248 g/mol. The van der Waals surface area contributed by atoms with Crippen LogP contribution >= 0.6 is 0 Å². The van der Waals surface area contributed by atoms with Gasteiger partial charge in [0.2, 0.25) is 0 Å². The van der Waals surface area contributed by atoms with Crippen molar-refractivity contribution in [3.05, 3.63) is 54.6 Å². The van der Waals surface area contributed by atoms with Crippen LogP contribution in [0.25, 0.3) is 10.8 Å². The molecule has 20 heavy (non-hydrogen) atoms. The summed E-state index contributed by atoms with van der Waals surface area (Å²) in [7, 11) is 0. The summed E-state index contributed by atoms with van der Waals surface area (Å²) in [5.74, 6) is -0.226. The van der Waals surface area contributed by atoms with Crippen LogP contribution in [0.2, 0.25) is 0 Å². The molecule has 0 aliphatic rings. The minimum absolute atomic E-state index is 0.226. The van der Waals surface area contributed by atoms with Gasteiger partial charge in [-0.15, -0.1) is 0 Å². The summed E-state index contributed by atoms with van der Waals surface area (Å²) >= 11 is 0. The Bertz CT molecular complexity index is 707. The van der Waals surface area contributed by atoms with E-state index in [2.05, 4.69) is 12.6 Å². The Balaban J connectivity index is 2.66. The lowest BCUT2D eigenvalue weighted by Gasteiger charge is -2.26. The fraction of sp³-hybridized carbons (Fsp3) is 0.176. The third kappa shape index (κ3) is 2.41. The average Bonchev–Trinajstić information content (AvgIpc) is 2.47. The normalized spacial score (nSPS) is 11.7. The number of rotatable bonds is 3. The summed E-state index contributed by atoms with van der Waals surface area (Å²) in [5, 5.41) is 11.2. The number of hydrogen-bond donors (Lipinski definition) is 0. The quantitative estimate of drug-likeness (QED) is 0.794. The molecule has 3 heteroatoms. The lowest BCUT2D eigenvalue weighted by Crippen LogP contribution is -2.38. The van der Waals surface area contributed by atoms with E-state index in [1.165, 1.54) is 4.90 Å². The fourth-order valence-electron chi connectivity index (χ4n) is 2.18. The molecule has 0 aromatic heterocycles. The number of fused-ring (bicyclic) bond motifs is 1. The van der Waals surface area contributed by atoms with Gasteiger partial charge in [-0.25, -0.2) is 0 Å². The molecule has 0 saturated heterocycles. The molecule has 0 heterocycles. The molecule has 0 radical (unpaired) electrons. The zero-order valence-corrected chi connectivity index (χ0v) is 11.6. The van der Waals surface area contributed by atoms with E-state index in [0.717, 1.165) is 16.5 Å². The van der Waals surface area contributed by atoms with E-state index >= 15 is 0 Å². The van der Waals surface area contributed by atoms with E-state index < -0.39 is 6.04 Å². The number of anilines is 1. The Morgan fingerprint density at radius 3 is 2.55 bits per heavy atom. The van der Waals surface area contributed by atoms with E-state index in [0.29, 0.717) is 5.57 Å². The van der Waals surface area contributed by atoms with Crippen molar-refractivity contribution in [2.24, 2.45) is 0 Å². The summed E-state index contributed by atoms with van der Waals surface area (Å²) in [5.41, 5.74) is 1.16. The Kier molecular flexibility index (Phi) is 3.86. The van der Waals surface area contributed by atoms with Crippen LogP contribution < -0.4 is 4.90 Å². The minimum Gasteiger partial charge on any atom is -0.292 e. The van der Waals surface area contributed by atoms with Gasteiger partial charge in [0.25, 0.3) is 5.91 Å². The van der Waals surface area contributed by atoms with Crippen molar-refractivity contribution in [2.75, 3.05) is 4.90 Å². The molecule has 0 aliphatic heterocycles. The fourth-order valence-corrected chi connectivity index (χ4v) is 2.18. The van der Waals surface area contributed by atoms with Gasteiger partial charge in [-0.05, 0) is 25.3 Å². The largest absolute Gasteiger partial charge is 0.292 e. The van der Waals surface area contributed by atoms with Gasteiger partial charge in [-0.1, -0.05) is 43.0 Å². The van der Waals surface area contributed by atoms with Crippen LogP contribution in [0.4, 0.5) is 5.69 Å². The van der Waals surface area contributed by atoms with Crippen molar-refractivity contribution in [2.45, 2.75) is 19.9 Å². The van der Waals surface area contributed by atoms with Crippen LogP contribution in [0, 0.1) is 11.3 Å². The van der Waals surface area contributed by atoms with Crippen molar-refractivity contribution in [1.29, 1.82) is 5.26 Å². The molecule has 0 bridgehead atoms. The van der Waals surface area contributed by atoms with Gasteiger partial charge < -0.3 is 0 Å². The summed E-state index contributed by atoms with van der Waals surface area (Å²) < 4.78 is 0. The molecule has 0 saturated carbocycles. The maximum Gasteiger partial charge on any atom is 0.254 e.